The molecule has 2 amide bonds. The van der Waals surface area contributed by atoms with Crippen molar-refractivity contribution in [3.8, 4) is 0 Å². The lowest BCUT2D eigenvalue weighted by Crippen LogP contribution is -2.62. The van der Waals surface area contributed by atoms with Crippen LogP contribution >= 0.6 is 15.9 Å². The van der Waals surface area contributed by atoms with Crippen LogP contribution in [0.2, 0.25) is 0 Å². The highest BCUT2D eigenvalue weighted by atomic mass is 79.9. The van der Waals surface area contributed by atoms with Gasteiger partial charge < -0.3 is 5.32 Å². The summed E-state index contributed by atoms with van der Waals surface area (Å²) in [5.74, 6) is -0.231. The number of piperazine rings is 1. The van der Waals surface area contributed by atoms with Gasteiger partial charge in [-0.15, -0.1) is 0 Å². The van der Waals surface area contributed by atoms with Crippen LogP contribution in [0.4, 0.5) is 5.69 Å². The van der Waals surface area contributed by atoms with Gasteiger partial charge in [0, 0.05) is 10.7 Å². The molecule has 2 rings (SSSR count). The first kappa shape index (κ1) is 13.0. The second kappa shape index (κ2) is 5.06. The number of halogens is 1. The molecule has 18 heavy (non-hydrogen) atoms. The minimum Gasteiger partial charge on any atom is -0.343 e. The van der Waals surface area contributed by atoms with E-state index < -0.39 is 12.1 Å². The maximum Gasteiger partial charge on any atom is 0.250 e. The number of pyridine rings is 1. The third-order valence-electron chi connectivity index (χ3n) is 2.94. The van der Waals surface area contributed by atoms with Crippen molar-refractivity contribution in [1.29, 1.82) is 0 Å². The number of aromatic nitrogens is 1. The van der Waals surface area contributed by atoms with Crippen LogP contribution in [0.5, 0.6) is 0 Å². The Morgan fingerprint density at radius 2 is 2.17 bits per heavy atom. The van der Waals surface area contributed by atoms with Crippen molar-refractivity contribution in [1.82, 2.24) is 10.3 Å². The Morgan fingerprint density at radius 3 is 2.78 bits per heavy atom. The minimum atomic E-state index is -0.501. The van der Waals surface area contributed by atoms with Gasteiger partial charge in [0.25, 0.3) is 0 Å². The Labute approximate surface area is 114 Å². The molecule has 1 fully saturated rings. The summed E-state index contributed by atoms with van der Waals surface area (Å²) in [7, 11) is 0. The van der Waals surface area contributed by atoms with Crippen LogP contribution in [0.3, 0.4) is 0 Å². The smallest absolute Gasteiger partial charge is 0.250 e. The lowest BCUT2D eigenvalue weighted by molar-refractivity contribution is -0.133. The zero-order chi connectivity index (χ0) is 13.3. The summed E-state index contributed by atoms with van der Waals surface area (Å²) in [6.45, 7) is 3.57. The van der Waals surface area contributed by atoms with Crippen molar-refractivity contribution in [2.75, 3.05) is 4.90 Å². The van der Waals surface area contributed by atoms with E-state index in [-0.39, 0.29) is 11.8 Å². The summed E-state index contributed by atoms with van der Waals surface area (Å²) in [5.41, 5.74) is 0.642. The number of amides is 2. The normalized spacial score (nSPS) is 24.1. The number of hydrogen-bond acceptors (Lipinski definition) is 3. The van der Waals surface area contributed by atoms with E-state index in [1.807, 2.05) is 6.92 Å². The highest BCUT2D eigenvalue weighted by molar-refractivity contribution is 9.10. The van der Waals surface area contributed by atoms with Gasteiger partial charge in [0.1, 0.15) is 12.1 Å². The molecule has 2 atom stereocenters. The van der Waals surface area contributed by atoms with Crippen molar-refractivity contribution in [3.05, 3.63) is 22.9 Å². The van der Waals surface area contributed by atoms with Crippen LogP contribution in [0.15, 0.2) is 22.9 Å². The topological polar surface area (TPSA) is 62.3 Å². The van der Waals surface area contributed by atoms with E-state index in [0.717, 1.165) is 4.47 Å². The highest BCUT2D eigenvalue weighted by Crippen LogP contribution is 2.24. The standard InChI is InChI=1S/C12H14BrN3O2/c1-3-10-11(17)15-7(2)12(18)16(10)9-4-8(13)5-14-6-9/h4-7,10H,3H2,1-2H3,(H,15,17). The molecule has 1 aliphatic rings. The van der Waals surface area contributed by atoms with Crippen LogP contribution in [0.1, 0.15) is 20.3 Å². The molecule has 0 aliphatic carbocycles. The van der Waals surface area contributed by atoms with Gasteiger partial charge in [-0.05, 0) is 35.3 Å². The molecule has 5 nitrogen and oxygen atoms in total. The van der Waals surface area contributed by atoms with E-state index in [9.17, 15) is 9.59 Å². The third-order valence-corrected chi connectivity index (χ3v) is 3.37. The maximum atomic E-state index is 12.2. The van der Waals surface area contributed by atoms with E-state index in [2.05, 4.69) is 26.2 Å². The lowest BCUT2D eigenvalue weighted by atomic mass is 10.1. The predicted octanol–water partition coefficient (Wildman–Crippen LogP) is 1.47. The molecule has 2 heterocycles. The monoisotopic (exact) mass is 311 g/mol. The molecule has 0 radical (unpaired) electrons. The maximum absolute atomic E-state index is 12.2. The van der Waals surface area contributed by atoms with E-state index in [4.69, 9.17) is 0 Å². The van der Waals surface area contributed by atoms with Gasteiger partial charge in [-0.2, -0.15) is 0 Å². The summed E-state index contributed by atoms with van der Waals surface area (Å²) < 4.78 is 0.779. The Kier molecular flexibility index (Phi) is 3.65. The Balaban J connectivity index is 2.43. The molecule has 0 spiro atoms. The fraction of sp³-hybridized carbons (Fsp3) is 0.417. The summed E-state index contributed by atoms with van der Waals surface area (Å²) in [5, 5.41) is 2.68. The van der Waals surface area contributed by atoms with Gasteiger partial charge >= 0.3 is 0 Å². The lowest BCUT2D eigenvalue weighted by Gasteiger charge is -2.37. The van der Waals surface area contributed by atoms with E-state index in [1.54, 1.807) is 25.4 Å². The average molecular weight is 312 g/mol. The zero-order valence-electron chi connectivity index (χ0n) is 10.2. The quantitative estimate of drug-likeness (QED) is 0.899. The number of hydrogen-bond donors (Lipinski definition) is 1. The predicted molar refractivity (Wildman–Crippen MR) is 71.1 cm³/mol. The summed E-state index contributed by atoms with van der Waals surface area (Å²) in [4.78, 5) is 29.7. The molecule has 1 aromatic heterocycles. The van der Waals surface area contributed by atoms with E-state index in [1.165, 1.54) is 4.90 Å². The van der Waals surface area contributed by atoms with Crippen LogP contribution < -0.4 is 10.2 Å². The largest absolute Gasteiger partial charge is 0.343 e. The first-order chi connectivity index (χ1) is 8.54. The summed E-state index contributed by atoms with van der Waals surface area (Å²) in [6, 6.07) is 0.822. The third kappa shape index (κ3) is 2.25. The van der Waals surface area contributed by atoms with Gasteiger partial charge in [0.2, 0.25) is 11.8 Å². The molecule has 2 unspecified atom stereocenters. The SMILES string of the molecule is CCC1C(=O)NC(C)C(=O)N1c1cncc(Br)c1. The molecule has 96 valence electrons. The number of anilines is 1. The molecule has 6 heteroatoms. The molecular weight excluding hydrogens is 298 g/mol. The Morgan fingerprint density at radius 1 is 1.44 bits per heavy atom. The van der Waals surface area contributed by atoms with Crippen LogP contribution in [0.25, 0.3) is 0 Å². The fourth-order valence-electron chi connectivity index (χ4n) is 2.06. The van der Waals surface area contributed by atoms with Crippen LogP contribution in [0, 0.1) is 0 Å². The van der Waals surface area contributed by atoms with Gasteiger partial charge in [0.05, 0.1) is 11.9 Å². The molecule has 1 aromatic rings. The van der Waals surface area contributed by atoms with Crippen molar-refractivity contribution < 1.29 is 9.59 Å². The fourth-order valence-corrected chi connectivity index (χ4v) is 2.41. The van der Waals surface area contributed by atoms with Crippen molar-refractivity contribution in [3.63, 3.8) is 0 Å². The van der Waals surface area contributed by atoms with Crippen LogP contribution in [-0.4, -0.2) is 28.9 Å². The van der Waals surface area contributed by atoms with E-state index in [0.29, 0.717) is 12.1 Å². The number of nitrogens with zero attached hydrogens (tertiary/aromatic N) is 2. The summed E-state index contributed by atoms with van der Waals surface area (Å²) >= 11 is 3.32. The molecule has 1 saturated heterocycles. The van der Waals surface area contributed by atoms with Crippen LogP contribution in [-0.2, 0) is 9.59 Å². The van der Waals surface area contributed by atoms with Gasteiger partial charge in [-0.25, -0.2) is 0 Å². The molecule has 1 N–H and O–H groups in total. The second-order valence-electron chi connectivity index (χ2n) is 4.22. The van der Waals surface area contributed by atoms with Gasteiger partial charge in [-0.3, -0.25) is 19.5 Å². The van der Waals surface area contributed by atoms with Gasteiger partial charge in [0.15, 0.2) is 0 Å². The molecule has 1 aliphatic heterocycles. The number of rotatable bonds is 2. The van der Waals surface area contributed by atoms with Crippen molar-refractivity contribution >= 4 is 33.4 Å². The molecule has 0 aromatic carbocycles. The average Bonchev–Trinajstić information content (AvgIpc) is 2.33. The summed E-state index contributed by atoms with van der Waals surface area (Å²) in [6.07, 6.45) is 3.80. The second-order valence-corrected chi connectivity index (χ2v) is 5.14. The molecular formula is C12H14BrN3O2. The Hall–Kier alpha value is -1.43. The Bertz CT molecular complexity index is 492. The first-order valence-corrected chi connectivity index (χ1v) is 6.58. The van der Waals surface area contributed by atoms with Crippen molar-refractivity contribution in [2.24, 2.45) is 0 Å². The zero-order valence-corrected chi connectivity index (χ0v) is 11.8. The molecule has 0 saturated carbocycles. The minimum absolute atomic E-state index is 0.110. The molecule has 0 bridgehead atoms. The highest BCUT2D eigenvalue weighted by Gasteiger charge is 2.38. The van der Waals surface area contributed by atoms with Crippen molar-refractivity contribution in [2.45, 2.75) is 32.4 Å². The number of nitrogens with one attached hydrogen (secondary N) is 1. The first-order valence-electron chi connectivity index (χ1n) is 5.78. The van der Waals surface area contributed by atoms with E-state index >= 15 is 0 Å². The number of carbonyl (C=O) groups is 2. The number of carbonyl (C=O) groups excluding carboxylic acids is 2. The van der Waals surface area contributed by atoms with Gasteiger partial charge in [-0.1, -0.05) is 6.92 Å².